The van der Waals surface area contributed by atoms with Gasteiger partial charge in [-0.05, 0) is 135 Å². The van der Waals surface area contributed by atoms with E-state index in [1.165, 1.54) is 5.69 Å². The second kappa shape index (κ2) is 18.3. The molecule has 5 nitrogen and oxygen atoms in total. The minimum Gasteiger partial charge on any atom is -0.775 e. The molecule has 0 amide bonds. The molecule has 60 heavy (non-hydrogen) atoms. The molecule has 1 aliphatic carbocycles. The zero-order chi connectivity index (χ0) is 42.7. The monoisotopic (exact) mass is 793 g/mol. The van der Waals surface area contributed by atoms with Gasteiger partial charge in [-0.3, -0.25) is 10.7 Å². The lowest BCUT2D eigenvalue weighted by Gasteiger charge is -2.35. The number of carbonyl (C=O) groups excluding carboxylic acids is 1. The highest BCUT2D eigenvalue weighted by Gasteiger charge is 2.43. The number of Topliss-reactive ketones (excluding diaryl/α,β-unsaturated/α-hetero) is 1. The van der Waals surface area contributed by atoms with Crippen LogP contribution in [0.3, 0.4) is 0 Å². The Kier molecular flexibility index (Phi) is 12.9. The third-order valence-corrected chi connectivity index (χ3v) is 12.5. The molecule has 0 saturated carbocycles. The molecule has 0 radical (unpaired) electrons. The number of hydrogen-bond donors (Lipinski definition) is 0. The van der Waals surface area contributed by atoms with Gasteiger partial charge in [0.2, 0.25) is 5.70 Å². The summed E-state index contributed by atoms with van der Waals surface area (Å²) in [6.07, 6.45) is 4.30. The Labute approximate surface area is 358 Å². The van der Waals surface area contributed by atoms with E-state index in [-0.39, 0.29) is 11.5 Å². The molecule has 0 bridgehead atoms. The lowest BCUT2D eigenvalue weighted by molar-refractivity contribution is -0.115. The van der Waals surface area contributed by atoms with Crippen LogP contribution in [-0.4, -0.2) is 37.8 Å². The average Bonchev–Trinajstić information content (AvgIpc) is 3.22. The van der Waals surface area contributed by atoms with Crippen molar-refractivity contribution >= 4 is 71.7 Å². The zero-order valence-corrected chi connectivity index (χ0v) is 37.0. The van der Waals surface area contributed by atoms with Crippen LogP contribution >= 0.6 is 0 Å². The Hall–Kier alpha value is -5.69. The average molecular weight is 794 g/mol. The molecule has 1 atom stereocenters. The number of ketones is 1. The van der Waals surface area contributed by atoms with Crippen LogP contribution in [0.25, 0.3) is 58.9 Å². The van der Waals surface area contributed by atoms with Crippen molar-refractivity contribution < 1.29 is 4.79 Å². The Balaban J connectivity index is 1.45. The highest BCUT2D eigenvalue weighted by Crippen LogP contribution is 2.52. The van der Waals surface area contributed by atoms with E-state index in [0.29, 0.717) is 34.8 Å². The van der Waals surface area contributed by atoms with Gasteiger partial charge in [0.15, 0.2) is 5.78 Å². The Morgan fingerprint density at radius 1 is 0.600 bits per heavy atom. The van der Waals surface area contributed by atoms with E-state index in [4.69, 9.17) is 6.57 Å². The number of allylic oxidation sites excluding steroid dienone is 2. The molecule has 5 heteroatoms. The minimum atomic E-state index is -0.731. The van der Waals surface area contributed by atoms with Gasteiger partial charge in [0.25, 0.3) is 0 Å². The van der Waals surface area contributed by atoms with Gasteiger partial charge in [-0.2, -0.15) is 0 Å². The standard InChI is InChI=1S/C55H61N4O/c1-35(2)22-26-58(27-23-36(3)4)50-20-18-43(45-30-39-14-10-12-16-41(39)32-47(45)50)52-54(49(34-56)57-9)53(55(52)60)44-19-21-51(59(28-24-37(5)6)29-25-38(7)8)48-33-42-17-13-11-15-40(42)31-46(44)48/h10-21,30-33,35-38,52H,22-29H2,1-8H3/q-1. The minimum absolute atomic E-state index is 0.0170. The van der Waals surface area contributed by atoms with Gasteiger partial charge >= 0.3 is 0 Å². The lowest BCUT2D eigenvalue weighted by Crippen LogP contribution is -2.31. The first-order valence-corrected chi connectivity index (χ1v) is 22.2. The number of nitrogens with zero attached hydrogens (tertiary/aromatic N) is 4. The molecule has 6 aromatic rings. The summed E-state index contributed by atoms with van der Waals surface area (Å²) in [4.78, 5) is 24.0. The number of hydrogen-bond acceptors (Lipinski definition) is 3. The maximum Gasteiger partial charge on any atom is 0.210 e. The molecule has 0 N–H and O–H groups in total. The fraction of sp³-hybridized carbons (Fsp3) is 0.382. The van der Waals surface area contributed by atoms with Crippen LogP contribution in [-0.2, 0) is 4.79 Å². The molecule has 6 aromatic carbocycles. The van der Waals surface area contributed by atoms with E-state index in [2.05, 4.69) is 173 Å². The van der Waals surface area contributed by atoms with Gasteiger partial charge in [-0.1, -0.05) is 116 Å². The number of benzene rings is 6. The topological polar surface area (TPSA) is 50.2 Å². The zero-order valence-electron chi connectivity index (χ0n) is 37.0. The fourth-order valence-electron chi connectivity index (χ4n) is 8.89. The largest absolute Gasteiger partial charge is 0.775 e. The summed E-state index contributed by atoms with van der Waals surface area (Å²) >= 11 is 0. The van der Waals surface area contributed by atoms with E-state index in [9.17, 15) is 5.41 Å². The van der Waals surface area contributed by atoms with Crippen LogP contribution < -0.4 is 9.80 Å². The van der Waals surface area contributed by atoms with Gasteiger partial charge < -0.3 is 15.2 Å². The number of rotatable bonds is 17. The van der Waals surface area contributed by atoms with Crippen molar-refractivity contribution in [3.05, 3.63) is 136 Å². The molecule has 1 unspecified atom stereocenters. The fourth-order valence-corrected chi connectivity index (χ4v) is 8.89. The molecule has 0 spiro atoms. The maximum atomic E-state index is 15.2. The van der Waals surface area contributed by atoms with Crippen LogP contribution in [0.15, 0.2) is 108 Å². The molecule has 0 heterocycles. The first-order chi connectivity index (χ1) is 28.9. The van der Waals surface area contributed by atoms with E-state index >= 15 is 4.79 Å². The summed E-state index contributed by atoms with van der Waals surface area (Å²) in [7, 11) is 0. The summed E-state index contributed by atoms with van der Waals surface area (Å²) < 4.78 is 0. The van der Waals surface area contributed by atoms with Crippen LogP contribution in [0.4, 0.5) is 11.4 Å². The quantitative estimate of drug-likeness (QED) is 0.0525. The Bertz CT molecular complexity index is 2660. The van der Waals surface area contributed by atoms with Crippen molar-refractivity contribution in [1.82, 2.24) is 0 Å². The van der Waals surface area contributed by atoms with E-state index < -0.39 is 5.92 Å². The van der Waals surface area contributed by atoms with E-state index in [0.717, 1.165) is 112 Å². The van der Waals surface area contributed by atoms with Gasteiger partial charge in [0.05, 0.1) is 12.5 Å². The molecule has 0 fully saturated rings. The van der Waals surface area contributed by atoms with Crippen molar-refractivity contribution in [2.75, 3.05) is 36.0 Å². The molecule has 0 saturated heterocycles. The van der Waals surface area contributed by atoms with Crippen LogP contribution in [0, 0.1) is 30.2 Å². The van der Waals surface area contributed by atoms with Crippen LogP contribution in [0.2, 0.25) is 0 Å². The molecule has 0 aliphatic heterocycles. The highest BCUT2D eigenvalue weighted by atomic mass is 16.1. The van der Waals surface area contributed by atoms with Crippen molar-refractivity contribution in [2.45, 2.75) is 87.0 Å². The van der Waals surface area contributed by atoms with Crippen molar-refractivity contribution in [2.24, 2.45) is 23.7 Å². The summed E-state index contributed by atoms with van der Waals surface area (Å²) in [5, 5.41) is 19.2. The van der Waals surface area contributed by atoms with Gasteiger partial charge in [-0.15, -0.1) is 0 Å². The highest BCUT2D eigenvalue weighted by molar-refractivity contribution is 6.37. The van der Waals surface area contributed by atoms with Crippen molar-refractivity contribution in [3.8, 4) is 0 Å². The van der Waals surface area contributed by atoms with Crippen LogP contribution in [0.5, 0.6) is 0 Å². The number of anilines is 2. The van der Waals surface area contributed by atoms with Gasteiger partial charge in [-0.25, -0.2) is 4.85 Å². The Morgan fingerprint density at radius 3 is 1.42 bits per heavy atom. The number of carbonyl (C=O) groups is 1. The van der Waals surface area contributed by atoms with Crippen molar-refractivity contribution in [3.63, 3.8) is 0 Å². The molecule has 0 aromatic heterocycles. The first kappa shape index (κ1) is 42.4. The third kappa shape index (κ3) is 8.63. The van der Waals surface area contributed by atoms with E-state index in [1.54, 1.807) is 0 Å². The maximum absolute atomic E-state index is 15.2. The SMILES string of the molecule is [C-]#[N+]C(=C=[N-])C1=C(c2ccc(N(CCC(C)C)CCC(C)C)c3cc4ccccc4cc23)C(=O)C1c1ccc(N(CCC(C)C)CCC(C)C)c2cc3ccccc3cc12. The lowest BCUT2D eigenvalue weighted by atomic mass is 9.67. The molecule has 7 rings (SSSR count). The second-order valence-corrected chi connectivity index (χ2v) is 18.7. The smallest absolute Gasteiger partial charge is 0.210 e. The van der Waals surface area contributed by atoms with Gasteiger partial charge in [0.1, 0.15) is 0 Å². The summed E-state index contributed by atoms with van der Waals surface area (Å²) in [6.45, 7) is 30.2. The normalized spacial score (nSPS) is 14.2. The third-order valence-electron chi connectivity index (χ3n) is 12.5. The molecule has 1 aliphatic rings. The predicted octanol–water partition coefficient (Wildman–Crippen LogP) is 14.3. The predicted molar refractivity (Wildman–Crippen MR) is 258 cm³/mol. The summed E-state index contributed by atoms with van der Waals surface area (Å²) in [5.41, 5.74) is 4.98. The van der Waals surface area contributed by atoms with Crippen LogP contribution in [0.1, 0.15) is 98.1 Å². The molecular weight excluding hydrogens is 733 g/mol. The molecule has 308 valence electrons. The first-order valence-electron chi connectivity index (χ1n) is 22.2. The van der Waals surface area contributed by atoms with E-state index in [1.807, 2.05) is 0 Å². The Morgan fingerprint density at radius 2 is 1.00 bits per heavy atom. The van der Waals surface area contributed by atoms with Gasteiger partial charge in [0, 0.05) is 53.9 Å². The number of fused-ring (bicyclic) bond motifs is 4. The second-order valence-electron chi connectivity index (χ2n) is 18.7. The summed E-state index contributed by atoms with van der Waals surface area (Å²) in [6, 6.07) is 34.4. The van der Waals surface area contributed by atoms with Crippen molar-refractivity contribution in [1.29, 1.82) is 0 Å². The summed E-state index contributed by atoms with van der Waals surface area (Å²) in [5.74, 6) is 3.72. The molecular formula is C55H61N4O-.